The molecule has 126 valence electrons. The molecule has 2 atom stereocenters. The quantitative estimate of drug-likeness (QED) is 0.930. The predicted molar refractivity (Wildman–Crippen MR) is 94.5 cm³/mol. The minimum atomic E-state index is -0.103. The van der Waals surface area contributed by atoms with E-state index in [9.17, 15) is 4.79 Å². The first-order chi connectivity index (χ1) is 11.0. The van der Waals surface area contributed by atoms with Crippen LogP contribution in [0.25, 0.3) is 0 Å². The van der Waals surface area contributed by atoms with Crippen LogP contribution in [0.2, 0.25) is 0 Å². The summed E-state index contributed by atoms with van der Waals surface area (Å²) in [4.78, 5) is 15.0. The summed E-state index contributed by atoms with van der Waals surface area (Å²) in [6, 6.07) is 8.62. The number of nitrogens with zero attached hydrogens (tertiary/aromatic N) is 1. The van der Waals surface area contributed by atoms with Crippen LogP contribution in [0.5, 0.6) is 0 Å². The van der Waals surface area contributed by atoms with E-state index in [0.29, 0.717) is 12.3 Å². The van der Waals surface area contributed by atoms with E-state index < -0.39 is 0 Å². The number of likely N-dealkylation sites (tertiary alicyclic amines) is 1. The molecule has 0 saturated carbocycles. The molecule has 2 heterocycles. The van der Waals surface area contributed by atoms with Gasteiger partial charge in [0.05, 0.1) is 0 Å². The number of hydrogen-bond donors (Lipinski definition) is 1. The molecule has 2 saturated heterocycles. The minimum Gasteiger partial charge on any atom is -0.343 e. The lowest BCUT2D eigenvalue weighted by atomic mass is 9.81. The molecule has 0 aliphatic carbocycles. The van der Waals surface area contributed by atoms with Crippen LogP contribution >= 0.6 is 0 Å². The zero-order valence-corrected chi connectivity index (χ0v) is 14.8. The second kappa shape index (κ2) is 6.64. The van der Waals surface area contributed by atoms with Crippen LogP contribution < -0.4 is 5.32 Å². The van der Waals surface area contributed by atoms with Gasteiger partial charge >= 0.3 is 0 Å². The number of nitrogens with one attached hydrogen (secondary N) is 1. The highest BCUT2D eigenvalue weighted by atomic mass is 16.2. The first-order valence-corrected chi connectivity index (χ1v) is 9.01. The Morgan fingerprint density at radius 2 is 1.70 bits per heavy atom. The Balaban J connectivity index is 1.62. The smallest absolute Gasteiger partial charge is 0.223 e. The van der Waals surface area contributed by atoms with Gasteiger partial charge in [0.1, 0.15) is 0 Å². The molecule has 2 aliphatic heterocycles. The van der Waals surface area contributed by atoms with Crippen LogP contribution in [0.1, 0.15) is 44.2 Å². The van der Waals surface area contributed by atoms with Crippen LogP contribution in [-0.4, -0.2) is 37.0 Å². The monoisotopic (exact) mass is 314 g/mol. The van der Waals surface area contributed by atoms with Crippen molar-refractivity contribution in [3.05, 3.63) is 35.4 Å². The summed E-state index contributed by atoms with van der Waals surface area (Å²) in [6.07, 6.45) is 2.92. The molecule has 0 spiro atoms. The summed E-state index contributed by atoms with van der Waals surface area (Å²) < 4.78 is 0. The lowest BCUT2D eigenvalue weighted by molar-refractivity contribution is -0.132. The van der Waals surface area contributed by atoms with Crippen LogP contribution in [0.3, 0.4) is 0 Å². The maximum atomic E-state index is 12.8. The van der Waals surface area contributed by atoms with E-state index in [1.807, 2.05) is 0 Å². The Hall–Kier alpha value is -1.35. The van der Waals surface area contributed by atoms with Gasteiger partial charge in [-0.1, -0.05) is 43.7 Å². The van der Waals surface area contributed by atoms with Crippen LogP contribution in [0, 0.1) is 18.8 Å². The Bertz CT molecular complexity index is 535. The van der Waals surface area contributed by atoms with Gasteiger partial charge in [-0.15, -0.1) is 0 Å². The van der Waals surface area contributed by atoms with Crippen molar-refractivity contribution in [3.63, 3.8) is 0 Å². The Labute approximate surface area is 140 Å². The highest BCUT2D eigenvalue weighted by Crippen LogP contribution is 2.31. The van der Waals surface area contributed by atoms with E-state index in [0.717, 1.165) is 50.9 Å². The van der Waals surface area contributed by atoms with Gasteiger partial charge in [-0.25, -0.2) is 0 Å². The number of amides is 1. The second-order valence-electron chi connectivity index (χ2n) is 8.06. The number of benzene rings is 1. The molecule has 3 heteroatoms. The molecule has 2 aliphatic rings. The van der Waals surface area contributed by atoms with Gasteiger partial charge in [0.25, 0.3) is 0 Å². The molecule has 3 nitrogen and oxygen atoms in total. The van der Waals surface area contributed by atoms with Crippen molar-refractivity contribution in [1.82, 2.24) is 10.2 Å². The largest absolute Gasteiger partial charge is 0.343 e. The van der Waals surface area contributed by atoms with E-state index in [-0.39, 0.29) is 5.41 Å². The van der Waals surface area contributed by atoms with E-state index in [2.05, 4.69) is 55.3 Å². The zero-order chi connectivity index (χ0) is 16.4. The summed E-state index contributed by atoms with van der Waals surface area (Å²) in [7, 11) is 0. The molecule has 0 radical (unpaired) electrons. The van der Waals surface area contributed by atoms with Gasteiger partial charge in [-0.3, -0.25) is 4.79 Å². The van der Waals surface area contributed by atoms with Gasteiger partial charge in [0.15, 0.2) is 0 Å². The maximum Gasteiger partial charge on any atom is 0.223 e. The standard InChI is InChI=1S/C20H30N2O/c1-15-4-6-18(7-5-15)20(2,3)12-19(23)22-10-8-16-13-21-14-17(16)9-11-22/h4-7,16-17,21H,8-14H2,1-3H3/t16-,17+. The fourth-order valence-corrected chi connectivity index (χ4v) is 4.06. The molecule has 1 amide bonds. The van der Waals surface area contributed by atoms with Crippen molar-refractivity contribution >= 4 is 5.91 Å². The van der Waals surface area contributed by atoms with Crippen molar-refractivity contribution < 1.29 is 4.79 Å². The summed E-state index contributed by atoms with van der Waals surface area (Å²) in [5.74, 6) is 1.87. The van der Waals surface area contributed by atoms with Gasteiger partial charge < -0.3 is 10.2 Å². The normalized spacial score (nSPS) is 25.1. The van der Waals surface area contributed by atoms with Gasteiger partial charge in [-0.05, 0) is 55.7 Å². The number of rotatable bonds is 3. The lowest BCUT2D eigenvalue weighted by Crippen LogP contribution is -2.36. The van der Waals surface area contributed by atoms with E-state index in [1.165, 1.54) is 11.1 Å². The van der Waals surface area contributed by atoms with Crippen molar-refractivity contribution in [3.8, 4) is 0 Å². The molecular formula is C20H30N2O. The molecule has 1 aromatic rings. The molecular weight excluding hydrogens is 284 g/mol. The fourth-order valence-electron chi connectivity index (χ4n) is 4.06. The number of carbonyl (C=O) groups is 1. The molecule has 23 heavy (non-hydrogen) atoms. The summed E-state index contributed by atoms with van der Waals surface area (Å²) >= 11 is 0. The topological polar surface area (TPSA) is 32.3 Å². The van der Waals surface area contributed by atoms with Crippen molar-refractivity contribution in [1.29, 1.82) is 0 Å². The highest BCUT2D eigenvalue weighted by molar-refractivity contribution is 5.77. The SMILES string of the molecule is Cc1ccc(C(C)(C)CC(=O)N2CC[C@@H]3CNC[C@@H]3CC2)cc1. The summed E-state index contributed by atoms with van der Waals surface area (Å²) in [5, 5.41) is 3.50. The Kier molecular flexibility index (Phi) is 4.77. The average molecular weight is 314 g/mol. The maximum absolute atomic E-state index is 12.8. The number of hydrogen-bond acceptors (Lipinski definition) is 2. The third kappa shape index (κ3) is 3.77. The van der Waals surface area contributed by atoms with Crippen LogP contribution in [0.15, 0.2) is 24.3 Å². The van der Waals surface area contributed by atoms with Crippen molar-refractivity contribution in [2.24, 2.45) is 11.8 Å². The van der Waals surface area contributed by atoms with Gasteiger partial charge in [-0.2, -0.15) is 0 Å². The third-order valence-electron chi connectivity index (χ3n) is 5.80. The summed E-state index contributed by atoms with van der Waals surface area (Å²) in [5.41, 5.74) is 2.42. The van der Waals surface area contributed by atoms with E-state index in [4.69, 9.17) is 0 Å². The minimum absolute atomic E-state index is 0.103. The Morgan fingerprint density at radius 3 is 2.26 bits per heavy atom. The second-order valence-corrected chi connectivity index (χ2v) is 8.06. The van der Waals surface area contributed by atoms with Crippen molar-refractivity contribution in [2.45, 2.75) is 45.4 Å². The number of fused-ring (bicyclic) bond motifs is 1. The highest BCUT2D eigenvalue weighted by Gasteiger charge is 2.33. The van der Waals surface area contributed by atoms with E-state index in [1.54, 1.807) is 0 Å². The number of aryl methyl sites for hydroxylation is 1. The van der Waals surface area contributed by atoms with Crippen molar-refractivity contribution in [2.75, 3.05) is 26.2 Å². The van der Waals surface area contributed by atoms with E-state index >= 15 is 0 Å². The first kappa shape index (κ1) is 16.5. The van der Waals surface area contributed by atoms with Gasteiger partial charge in [0.2, 0.25) is 5.91 Å². The first-order valence-electron chi connectivity index (χ1n) is 9.01. The predicted octanol–water partition coefficient (Wildman–Crippen LogP) is 3.12. The summed E-state index contributed by atoms with van der Waals surface area (Å²) in [6.45, 7) is 10.6. The average Bonchev–Trinajstić information content (AvgIpc) is 2.85. The third-order valence-corrected chi connectivity index (χ3v) is 5.80. The fraction of sp³-hybridized carbons (Fsp3) is 0.650. The van der Waals surface area contributed by atoms with Crippen LogP contribution in [-0.2, 0) is 10.2 Å². The lowest BCUT2D eigenvalue weighted by Gasteiger charge is -2.29. The van der Waals surface area contributed by atoms with Crippen LogP contribution in [0.4, 0.5) is 0 Å². The molecule has 2 fully saturated rings. The molecule has 0 unspecified atom stereocenters. The Morgan fingerprint density at radius 1 is 1.13 bits per heavy atom. The molecule has 3 rings (SSSR count). The van der Waals surface area contributed by atoms with Gasteiger partial charge in [0, 0.05) is 19.5 Å². The molecule has 1 aromatic carbocycles. The molecule has 0 aromatic heterocycles. The zero-order valence-electron chi connectivity index (χ0n) is 14.8. The molecule has 1 N–H and O–H groups in total. The number of carbonyl (C=O) groups excluding carboxylic acids is 1. The molecule has 0 bridgehead atoms.